The van der Waals surface area contributed by atoms with E-state index in [0.29, 0.717) is 0 Å². The van der Waals surface area contributed by atoms with E-state index in [9.17, 15) is 22.9 Å². The maximum atomic E-state index is 13.2. The number of piperazine rings is 1. The maximum absolute atomic E-state index is 13.2. The summed E-state index contributed by atoms with van der Waals surface area (Å²) < 4.78 is 40.7. The van der Waals surface area contributed by atoms with Gasteiger partial charge < -0.3 is 9.80 Å². The topological polar surface area (TPSA) is 109 Å². The van der Waals surface area contributed by atoms with Crippen LogP contribution in [0.15, 0.2) is 71.8 Å². The van der Waals surface area contributed by atoms with Gasteiger partial charge in [-0.25, -0.2) is 22.5 Å². The standard InChI is InChI=1S/C22H22FN5O4S/c23-18-1-3-19(4-2-18)26-11-13-27(14-12-26)22-15-17(9-10-24-22)16-25-33(31,32)21-7-5-20(6-8-21)28(29)30/h1-10,15,25H,11-14,16H2. The van der Waals surface area contributed by atoms with E-state index in [1.807, 2.05) is 6.07 Å². The largest absolute Gasteiger partial charge is 0.368 e. The molecular weight excluding hydrogens is 449 g/mol. The Labute approximate surface area is 190 Å². The Hall–Kier alpha value is -3.57. The molecule has 0 amide bonds. The lowest BCUT2D eigenvalue weighted by Crippen LogP contribution is -2.46. The summed E-state index contributed by atoms with van der Waals surface area (Å²) in [5.74, 6) is 0.489. The molecule has 1 saturated heterocycles. The van der Waals surface area contributed by atoms with E-state index in [0.717, 1.165) is 55.4 Å². The number of sulfonamides is 1. The Morgan fingerprint density at radius 2 is 1.61 bits per heavy atom. The summed E-state index contributed by atoms with van der Waals surface area (Å²) >= 11 is 0. The van der Waals surface area contributed by atoms with Crippen LogP contribution in [0, 0.1) is 15.9 Å². The second-order valence-corrected chi connectivity index (χ2v) is 9.32. The van der Waals surface area contributed by atoms with Gasteiger partial charge in [-0.1, -0.05) is 0 Å². The van der Waals surface area contributed by atoms with Crippen molar-refractivity contribution in [1.29, 1.82) is 0 Å². The fourth-order valence-electron chi connectivity index (χ4n) is 3.60. The van der Waals surface area contributed by atoms with Gasteiger partial charge in [-0.05, 0) is 54.1 Å². The SMILES string of the molecule is O=[N+]([O-])c1ccc(S(=O)(=O)NCc2ccnc(N3CCN(c4ccc(F)cc4)CC3)c2)cc1. The molecule has 1 aromatic heterocycles. The molecule has 9 nitrogen and oxygen atoms in total. The maximum Gasteiger partial charge on any atom is 0.269 e. The highest BCUT2D eigenvalue weighted by Crippen LogP contribution is 2.21. The lowest BCUT2D eigenvalue weighted by molar-refractivity contribution is -0.384. The second-order valence-electron chi connectivity index (χ2n) is 7.55. The van der Waals surface area contributed by atoms with Gasteiger partial charge in [0, 0.05) is 56.7 Å². The molecule has 172 valence electrons. The van der Waals surface area contributed by atoms with Crippen LogP contribution in [-0.4, -0.2) is 44.5 Å². The van der Waals surface area contributed by atoms with Crippen LogP contribution < -0.4 is 14.5 Å². The lowest BCUT2D eigenvalue weighted by atomic mass is 10.2. The third kappa shape index (κ3) is 5.44. The van der Waals surface area contributed by atoms with E-state index < -0.39 is 14.9 Å². The predicted octanol–water partition coefficient (Wildman–Crippen LogP) is 2.93. The number of pyridine rings is 1. The van der Waals surface area contributed by atoms with E-state index in [1.54, 1.807) is 24.4 Å². The molecule has 0 aliphatic carbocycles. The zero-order valence-corrected chi connectivity index (χ0v) is 18.4. The Kier molecular flexibility index (Phi) is 6.52. The fourth-order valence-corrected chi connectivity index (χ4v) is 4.62. The summed E-state index contributed by atoms with van der Waals surface area (Å²) in [6, 6.07) is 14.7. The van der Waals surface area contributed by atoms with E-state index in [4.69, 9.17) is 0 Å². The molecule has 1 N–H and O–H groups in total. The molecule has 0 radical (unpaired) electrons. The van der Waals surface area contributed by atoms with Crippen molar-refractivity contribution in [3.8, 4) is 0 Å². The molecule has 1 aliphatic heterocycles. The number of non-ortho nitro benzene ring substituents is 1. The second kappa shape index (κ2) is 9.51. The molecule has 11 heteroatoms. The molecule has 1 fully saturated rings. The molecule has 2 heterocycles. The van der Waals surface area contributed by atoms with Gasteiger partial charge in [0.1, 0.15) is 11.6 Å². The number of hydrogen-bond donors (Lipinski definition) is 1. The number of nitro benzene ring substituents is 1. The Balaban J connectivity index is 1.37. The van der Waals surface area contributed by atoms with Crippen molar-refractivity contribution >= 4 is 27.2 Å². The Morgan fingerprint density at radius 3 is 2.24 bits per heavy atom. The molecule has 1 aliphatic rings. The van der Waals surface area contributed by atoms with Crippen LogP contribution in [0.1, 0.15) is 5.56 Å². The van der Waals surface area contributed by atoms with Gasteiger partial charge in [-0.2, -0.15) is 0 Å². The quantitative estimate of drug-likeness (QED) is 0.417. The zero-order valence-electron chi connectivity index (χ0n) is 17.6. The van der Waals surface area contributed by atoms with Crippen LogP contribution in [0.5, 0.6) is 0 Å². The first-order chi connectivity index (χ1) is 15.8. The predicted molar refractivity (Wildman–Crippen MR) is 122 cm³/mol. The van der Waals surface area contributed by atoms with Crippen molar-refractivity contribution in [1.82, 2.24) is 9.71 Å². The highest BCUT2D eigenvalue weighted by molar-refractivity contribution is 7.89. The summed E-state index contributed by atoms with van der Waals surface area (Å²) in [5, 5.41) is 10.8. The first kappa shape index (κ1) is 22.6. The average Bonchev–Trinajstić information content (AvgIpc) is 2.84. The summed E-state index contributed by atoms with van der Waals surface area (Å²) in [6.07, 6.45) is 1.64. The lowest BCUT2D eigenvalue weighted by Gasteiger charge is -2.36. The molecule has 0 bridgehead atoms. The smallest absolute Gasteiger partial charge is 0.269 e. The molecule has 3 aromatic rings. The monoisotopic (exact) mass is 471 g/mol. The minimum absolute atomic E-state index is 0.0423. The van der Waals surface area contributed by atoms with E-state index in [-0.39, 0.29) is 22.9 Å². The number of nitrogens with one attached hydrogen (secondary N) is 1. The van der Waals surface area contributed by atoms with Crippen molar-refractivity contribution < 1.29 is 17.7 Å². The van der Waals surface area contributed by atoms with Gasteiger partial charge in [-0.3, -0.25) is 10.1 Å². The average molecular weight is 472 g/mol. The summed E-state index contributed by atoms with van der Waals surface area (Å²) in [7, 11) is -3.82. The molecule has 0 unspecified atom stereocenters. The van der Waals surface area contributed by atoms with Crippen molar-refractivity contribution in [2.45, 2.75) is 11.4 Å². The van der Waals surface area contributed by atoms with Crippen molar-refractivity contribution in [2.24, 2.45) is 0 Å². The van der Waals surface area contributed by atoms with E-state index in [1.165, 1.54) is 24.3 Å². The van der Waals surface area contributed by atoms with E-state index >= 15 is 0 Å². The van der Waals surface area contributed by atoms with Gasteiger partial charge in [-0.15, -0.1) is 0 Å². The first-order valence-electron chi connectivity index (χ1n) is 10.3. The first-order valence-corrected chi connectivity index (χ1v) is 11.7. The third-order valence-corrected chi connectivity index (χ3v) is 6.85. The van der Waals surface area contributed by atoms with Gasteiger partial charge in [0.2, 0.25) is 10.0 Å². The molecule has 0 atom stereocenters. The molecule has 2 aromatic carbocycles. The molecule has 0 spiro atoms. The number of aromatic nitrogens is 1. The van der Waals surface area contributed by atoms with Crippen molar-refractivity contribution in [2.75, 3.05) is 36.0 Å². The highest BCUT2D eigenvalue weighted by atomic mass is 32.2. The third-order valence-electron chi connectivity index (χ3n) is 5.43. The van der Waals surface area contributed by atoms with Crippen LogP contribution in [0.4, 0.5) is 21.6 Å². The number of hydrogen-bond acceptors (Lipinski definition) is 7. The fraction of sp³-hybridized carbons (Fsp3) is 0.227. The van der Waals surface area contributed by atoms with Gasteiger partial charge in [0.25, 0.3) is 5.69 Å². The minimum Gasteiger partial charge on any atom is -0.368 e. The van der Waals surface area contributed by atoms with Crippen LogP contribution in [0.3, 0.4) is 0 Å². The molecule has 33 heavy (non-hydrogen) atoms. The number of halogens is 1. The minimum atomic E-state index is -3.82. The number of rotatable bonds is 7. The van der Waals surface area contributed by atoms with Crippen LogP contribution >= 0.6 is 0 Å². The van der Waals surface area contributed by atoms with Crippen LogP contribution in [0.25, 0.3) is 0 Å². The number of nitrogens with zero attached hydrogens (tertiary/aromatic N) is 4. The van der Waals surface area contributed by atoms with Crippen LogP contribution in [-0.2, 0) is 16.6 Å². The zero-order chi connectivity index (χ0) is 23.4. The summed E-state index contributed by atoms with van der Waals surface area (Å²) in [5.41, 5.74) is 1.54. The van der Waals surface area contributed by atoms with Crippen molar-refractivity contribution in [3.63, 3.8) is 0 Å². The Morgan fingerprint density at radius 1 is 0.970 bits per heavy atom. The summed E-state index contributed by atoms with van der Waals surface area (Å²) in [4.78, 5) is 18.8. The number of nitro groups is 1. The highest BCUT2D eigenvalue weighted by Gasteiger charge is 2.19. The van der Waals surface area contributed by atoms with Gasteiger partial charge in [0.05, 0.1) is 9.82 Å². The summed E-state index contributed by atoms with van der Waals surface area (Å²) in [6.45, 7) is 3.02. The number of benzene rings is 2. The van der Waals surface area contributed by atoms with Gasteiger partial charge in [0.15, 0.2) is 0 Å². The Bertz CT molecular complexity index is 1230. The normalized spacial score (nSPS) is 14.3. The van der Waals surface area contributed by atoms with Crippen molar-refractivity contribution in [3.05, 3.63) is 88.4 Å². The number of anilines is 2. The van der Waals surface area contributed by atoms with E-state index in [2.05, 4.69) is 19.5 Å². The van der Waals surface area contributed by atoms with Gasteiger partial charge >= 0.3 is 0 Å². The molecule has 0 saturated carbocycles. The van der Waals surface area contributed by atoms with Crippen LogP contribution in [0.2, 0.25) is 0 Å². The molecular formula is C22H22FN5O4S. The molecule has 4 rings (SSSR count).